The van der Waals surface area contributed by atoms with Gasteiger partial charge in [0, 0.05) is 11.9 Å². The van der Waals surface area contributed by atoms with Gasteiger partial charge in [0.05, 0.1) is 5.92 Å². The van der Waals surface area contributed by atoms with Gasteiger partial charge in [0.1, 0.15) is 24.5 Å². The van der Waals surface area contributed by atoms with Crippen LogP contribution < -0.4 is 0 Å². The van der Waals surface area contributed by atoms with Crippen molar-refractivity contribution >= 4 is 12.2 Å². The van der Waals surface area contributed by atoms with Crippen LogP contribution >= 0.6 is 12.2 Å². The number of hydrogen-bond donors (Lipinski definition) is 2. The average molecular weight is 288 g/mol. The molecule has 0 spiro atoms. The van der Waals surface area contributed by atoms with Crippen molar-refractivity contribution in [2.75, 3.05) is 0 Å². The molecule has 4 nitrogen and oxygen atoms in total. The molecule has 1 atom stereocenters. The predicted molar refractivity (Wildman–Crippen MR) is 79.2 cm³/mol. The second-order valence-corrected chi connectivity index (χ2v) is 5.20. The third-order valence-corrected chi connectivity index (χ3v) is 3.64. The number of rotatable bonds is 4. The minimum Gasteiger partial charge on any atom is -0.466 e. The summed E-state index contributed by atoms with van der Waals surface area (Å²) in [6, 6.07) is 0. The molecule has 3 rings (SSSR count). The lowest BCUT2D eigenvalue weighted by Crippen LogP contribution is -2.09. The Balaban J connectivity index is 1.86. The fraction of sp³-hybridized carbons (Fsp3) is 0.267. The third kappa shape index (κ3) is 2.93. The molecule has 0 fully saturated rings. The van der Waals surface area contributed by atoms with E-state index in [1.54, 1.807) is 12.5 Å². The van der Waals surface area contributed by atoms with E-state index in [1.165, 1.54) is 11.8 Å². The largest absolute Gasteiger partial charge is 0.466 e. The summed E-state index contributed by atoms with van der Waals surface area (Å²) in [4.78, 5) is 6.19. The number of hydrogen-bond acceptors (Lipinski definition) is 3. The number of nitrogens with one attached hydrogen (secondary N) is 2. The van der Waals surface area contributed by atoms with Gasteiger partial charge >= 0.3 is 0 Å². The minimum absolute atomic E-state index is 0.0747. The molecule has 0 bridgehead atoms. The summed E-state index contributed by atoms with van der Waals surface area (Å²) >= 11 is 5.12. The van der Waals surface area contributed by atoms with Crippen molar-refractivity contribution in [3.63, 3.8) is 0 Å². The number of imidazole rings is 1. The average Bonchev–Trinajstić information content (AvgIpc) is 2.93. The maximum absolute atomic E-state index is 5.59. The lowest BCUT2D eigenvalue weighted by atomic mass is 9.90. The molecule has 0 radical (unpaired) electrons. The number of allylic oxidation sites excluding steroid dienone is 5. The molecule has 1 aliphatic heterocycles. The smallest absolute Gasteiger partial charge is 0.174 e. The standard InChI is InChI=1S/C15H16N2O2S/c20-15-16-9-13(17-15)12(14-10-18-6-7-19-14)8-11-4-2-1-3-5-11/h1-2,4,6-7,9-10,12H,3,5,8H2,(H2,16,17,20). The molecule has 0 saturated heterocycles. The van der Waals surface area contributed by atoms with E-state index in [9.17, 15) is 0 Å². The lowest BCUT2D eigenvalue weighted by molar-refractivity contribution is 0.235. The molecule has 1 aromatic heterocycles. The fourth-order valence-corrected chi connectivity index (χ4v) is 2.60. The molecular formula is C15H16N2O2S. The Hall–Kier alpha value is -2.01. The Bertz CT molecular complexity index is 649. The Morgan fingerprint density at radius 3 is 2.95 bits per heavy atom. The van der Waals surface area contributed by atoms with Gasteiger partial charge in [-0.15, -0.1) is 0 Å². The number of ether oxygens (including phenoxy) is 2. The van der Waals surface area contributed by atoms with Crippen LogP contribution in [-0.4, -0.2) is 9.97 Å². The van der Waals surface area contributed by atoms with Gasteiger partial charge in [0.25, 0.3) is 0 Å². The first-order valence-corrected chi connectivity index (χ1v) is 7.03. The fourth-order valence-electron chi connectivity index (χ4n) is 2.42. The van der Waals surface area contributed by atoms with Gasteiger partial charge in [-0.05, 0) is 31.5 Å². The lowest BCUT2D eigenvalue weighted by Gasteiger charge is -2.21. The molecule has 1 unspecified atom stereocenters. The van der Waals surface area contributed by atoms with Gasteiger partial charge in [-0.3, -0.25) is 0 Å². The summed E-state index contributed by atoms with van der Waals surface area (Å²) in [5.41, 5.74) is 2.41. The zero-order chi connectivity index (χ0) is 13.8. The van der Waals surface area contributed by atoms with Crippen LogP contribution in [-0.2, 0) is 9.47 Å². The SMILES string of the molecule is S=c1[nH]cc(C(CC2=CC=CCC2)C2=COC=CO2)[nH]1. The van der Waals surface area contributed by atoms with Crippen molar-refractivity contribution in [1.29, 1.82) is 0 Å². The summed E-state index contributed by atoms with van der Waals surface area (Å²) in [6.45, 7) is 0. The monoisotopic (exact) mass is 288 g/mol. The van der Waals surface area contributed by atoms with Gasteiger partial charge in [-0.2, -0.15) is 0 Å². The van der Waals surface area contributed by atoms with Crippen LogP contribution in [0.25, 0.3) is 0 Å². The number of aromatic nitrogens is 2. The van der Waals surface area contributed by atoms with Crippen molar-refractivity contribution in [1.82, 2.24) is 9.97 Å². The zero-order valence-corrected chi connectivity index (χ0v) is 11.8. The van der Waals surface area contributed by atoms with E-state index in [4.69, 9.17) is 21.7 Å². The van der Waals surface area contributed by atoms with Crippen LogP contribution in [0.5, 0.6) is 0 Å². The van der Waals surface area contributed by atoms with Crippen LogP contribution in [0.3, 0.4) is 0 Å². The first-order chi connectivity index (χ1) is 9.83. The van der Waals surface area contributed by atoms with Crippen LogP contribution in [0.4, 0.5) is 0 Å². The van der Waals surface area contributed by atoms with E-state index in [0.29, 0.717) is 4.77 Å². The molecule has 1 aliphatic carbocycles. The van der Waals surface area contributed by atoms with Crippen LogP contribution in [0.15, 0.2) is 54.5 Å². The molecule has 2 N–H and O–H groups in total. The molecule has 0 amide bonds. The highest BCUT2D eigenvalue weighted by Gasteiger charge is 2.23. The van der Waals surface area contributed by atoms with Gasteiger partial charge in [-0.1, -0.05) is 23.8 Å². The quantitative estimate of drug-likeness (QED) is 0.817. The zero-order valence-electron chi connectivity index (χ0n) is 11.0. The van der Waals surface area contributed by atoms with E-state index < -0.39 is 0 Å². The molecule has 2 heterocycles. The summed E-state index contributed by atoms with van der Waals surface area (Å²) in [5, 5.41) is 0. The minimum atomic E-state index is 0.0747. The van der Waals surface area contributed by atoms with E-state index in [2.05, 4.69) is 28.2 Å². The molecule has 5 heteroatoms. The van der Waals surface area contributed by atoms with Crippen LogP contribution in [0.2, 0.25) is 0 Å². The maximum atomic E-state index is 5.59. The molecule has 20 heavy (non-hydrogen) atoms. The van der Waals surface area contributed by atoms with Crippen molar-refractivity contribution in [3.8, 4) is 0 Å². The van der Waals surface area contributed by atoms with E-state index in [0.717, 1.165) is 30.7 Å². The Morgan fingerprint density at radius 2 is 2.30 bits per heavy atom. The summed E-state index contributed by atoms with van der Waals surface area (Å²) < 4.78 is 11.4. The first-order valence-electron chi connectivity index (χ1n) is 6.62. The molecule has 2 aliphatic rings. The van der Waals surface area contributed by atoms with Crippen molar-refractivity contribution < 1.29 is 9.47 Å². The van der Waals surface area contributed by atoms with Crippen molar-refractivity contribution in [2.24, 2.45) is 0 Å². The maximum Gasteiger partial charge on any atom is 0.174 e. The normalized spacial score (nSPS) is 18.8. The van der Waals surface area contributed by atoms with E-state index in [-0.39, 0.29) is 5.92 Å². The molecule has 0 saturated carbocycles. The predicted octanol–water partition coefficient (Wildman–Crippen LogP) is 4.18. The highest BCUT2D eigenvalue weighted by Crippen LogP contribution is 2.33. The number of H-pyrrole nitrogens is 2. The molecular weight excluding hydrogens is 272 g/mol. The molecule has 1 aromatic rings. The second kappa shape index (κ2) is 5.96. The highest BCUT2D eigenvalue weighted by atomic mass is 32.1. The van der Waals surface area contributed by atoms with Gasteiger partial charge in [0.15, 0.2) is 4.77 Å². The van der Waals surface area contributed by atoms with Gasteiger partial charge in [-0.25, -0.2) is 0 Å². The number of aromatic amines is 2. The Kier molecular flexibility index (Phi) is 3.87. The van der Waals surface area contributed by atoms with Gasteiger partial charge < -0.3 is 19.4 Å². The van der Waals surface area contributed by atoms with Gasteiger partial charge in [0.2, 0.25) is 0 Å². The highest BCUT2D eigenvalue weighted by molar-refractivity contribution is 7.71. The van der Waals surface area contributed by atoms with Crippen molar-refractivity contribution in [3.05, 3.63) is 65.0 Å². The van der Waals surface area contributed by atoms with Crippen LogP contribution in [0, 0.1) is 4.77 Å². The Morgan fingerprint density at radius 1 is 1.35 bits per heavy atom. The summed E-state index contributed by atoms with van der Waals surface area (Å²) in [7, 11) is 0. The van der Waals surface area contributed by atoms with Crippen LogP contribution in [0.1, 0.15) is 30.9 Å². The van der Waals surface area contributed by atoms with Crippen molar-refractivity contribution in [2.45, 2.75) is 25.2 Å². The first kappa shape index (κ1) is 13.0. The second-order valence-electron chi connectivity index (χ2n) is 4.79. The third-order valence-electron chi connectivity index (χ3n) is 3.42. The van der Waals surface area contributed by atoms with E-state index >= 15 is 0 Å². The molecule has 0 aromatic carbocycles. The summed E-state index contributed by atoms with van der Waals surface area (Å²) in [5.74, 6) is 0.860. The summed E-state index contributed by atoms with van der Waals surface area (Å²) in [6.07, 6.45) is 16.2. The molecule has 104 valence electrons. The topological polar surface area (TPSA) is 50.0 Å². The Labute approximate surface area is 122 Å². The van der Waals surface area contributed by atoms with E-state index in [1.807, 2.05) is 6.20 Å².